The molecule has 16 heavy (non-hydrogen) atoms. The molecule has 0 fully saturated rings. The van der Waals surface area contributed by atoms with Crippen molar-refractivity contribution in [2.75, 3.05) is 13.7 Å². The molecule has 1 aromatic carbocycles. The number of hydrogen-bond acceptors (Lipinski definition) is 2. The molecule has 0 saturated heterocycles. The van der Waals surface area contributed by atoms with Gasteiger partial charge >= 0.3 is 0 Å². The van der Waals surface area contributed by atoms with Gasteiger partial charge in [-0.1, -0.05) is 48.6 Å². The van der Waals surface area contributed by atoms with Crippen molar-refractivity contribution in [3.05, 3.63) is 54.1 Å². The summed E-state index contributed by atoms with van der Waals surface area (Å²) in [5.41, 5.74) is 8.28. The predicted octanol–water partition coefficient (Wildman–Crippen LogP) is 2.37. The van der Waals surface area contributed by atoms with Crippen LogP contribution in [-0.4, -0.2) is 19.3 Å². The molecular formula is C14H17NO. The number of methoxy groups -OCH3 is 1. The Morgan fingerprint density at radius 3 is 2.62 bits per heavy atom. The first kappa shape index (κ1) is 11.1. The highest BCUT2D eigenvalue weighted by Gasteiger charge is 2.23. The molecule has 0 bridgehead atoms. The average molecular weight is 215 g/mol. The zero-order valence-corrected chi connectivity index (χ0v) is 9.52. The Labute approximate surface area is 96.4 Å². The van der Waals surface area contributed by atoms with Gasteiger partial charge in [-0.2, -0.15) is 0 Å². The molecule has 2 N–H and O–H groups in total. The van der Waals surface area contributed by atoms with Crippen molar-refractivity contribution in [1.82, 2.24) is 0 Å². The molecule has 1 atom stereocenters. The molecule has 0 spiro atoms. The van der Waals surface area contributed by atoms with Crippen molar-refractivity contribution in [3.63, 3.8) is 0 Å². The Hall–Kier alpha value is -1.38. The van der Waals surface area contributed by atoms with E-state index in [0.717, 1.165) is 6.42 Å². The summed E-state index contributed by atoms with van der Waals surface area (Å²) in [4.78, 5) is 0. The molecular weight excluding hydrogens is 198 g/mol. The van der Waals surface area contributed by atoms with Gasteiger partial charge in [0.05, 0.1) is 12.1 Å². The molecule has 2 heteroatoms. The summed E-state index contributed by atoms with van der Waals surface area (Å²) in [5.74, 6) is 0. The van der Waals surface area contributed by atoms with Crippen LogP contribution in [0.15, 0.2) is 48.6 Å². The second-order valence-electron chi connectivity index (χ2n) is 4.23. The molecule has 84 valence electrons. The van der Waals surface area contributed by atoms with Gasteiger partial charge in [0.25, 0.3) is 0 Å². The lowest BCUT2D eigenvalue weighted by molar-refractivity contribution is 0.154. The van der Waals surface area contributed by atoms with Crippen molar-refractivity contribution in [1.29, 1.82) is 0 Å². The summed E-state index contributed by atoms with van der Waals surface area (Å²) in [7, 11) is 1.68. The summed E-state index contributed by atoms with van der Waals surface area (Å²) >= 11 is 0. The molecule has 0 heterocycles. The fraction of sp³-hybridized carbons (Fsp3) is 0.286. The second-order valence-corrected chi connectivity index (χ2v) is 4.23. The molecule has 1 aliphatic rings. The van der Waals surface area contributed by atoms with Gasteiger partial charge in [0.15, 0.2) is 0 Å². The molecule has 1 aliphatic carbocycles. The van der Waals surface area contributed by atoms with Crippen LogP contribution in [0.25, 0.3) is 5.57 Å². The largest absolute Gasteiger partial charge is 0.382 e. The summed E-state index contributed by atoms with van der Waals surface area (Å²) in [6.45, 7) is 0.558. The zero-order valence-electron chi connectivity index (χ0n) is 9.52. The summed E-state index contributed by atoms with van der Waals surface area (Å²) in [6, 6.07) is 10.3. The van der Waals surface area contributed by atoms with Crippen LogP contribution in [0, 0.1) is 0 Å². The van der Waals surface area contributed by atoms with Gasteiger partial charge in [0.2, 0.25) is 0 Å². The quantitative estimate of drug-likeness (QED) is 0.840. The second kappa shape index (κ2) is 4.64. The van der Waals surface area contributed by atoms with Gasteiger partial charge in [-0.3, -0.25) is 0 Å². The standard InChI is InChI=1S/C14H17NO/c1-16-11-14(15)9-7-13(8-10-14)12-5-3-2-4-6-12/h2-9H,10-11,15H2,1H3. The van der Waals surface area contributed by atoms with Crippen LogP contribution < -0.4 is 5.73 Å². The van der Waals surface area contributed by atoms with Crippen LogP contribution in [0.4, 0.5) is 0 Å². The fourth-order valence-corrected chi connectivity index (χ4v) is 1.91. The van der Waals surface area contributed by atoms with Gasteiger partial charge in [-0.25, -0.2) is 0 Å². The Kier molecular flexibility index (Phi) is 3.22. The van der Waals surface area contributed by atoms with E-state index in [0.29, 0.717) is 6.61 Å². The van der Waals surface area contributed by atoms with Crippen molar-refractivity contribution >= 4 is 5.57 Å². The maximum Gasteiger partial charge on any atom is 0.0681 e. The smallest absolute Gasteiger partial charge is 0.0681 e. The molecule has 2 rings (SSSR count). The zero-order chi connectivity index (χ0) is 11.4. The lowest BCUT2D eigenvalue weighted by Gasteiger charge is -2.27. The van der Waals surface area contributed by atoms with Crippen LogP contribution in [0.1, 0.15) is 12.0 Å². The number of allylic oxidation sites excluding steroid dienone is 2. The summed E-state index contributed by atoms with van der Waals surface area (Å²) < 4.78 is 5.12. The molecule has 0 radical (unpaired) electrons. The molecule has 1 aromatic rings. The van der Waals surface area contributed by atoms with Crippen LogP contribution in [0.2, 0.25) is 0 Å². The van der Waals surface area contributed by atoms with E-state index in [9.17, 15) is 0 Å². The first-order chi connectivity index (χ1) is 7.73. The Morgan fingerprint density at radius 2 is 2.06 bits per heavy atom. The van der Waals surface area contributed by atoms with Crippen LogP contribution >= 0.6 is 0 Å². The van der Waals surface area contributed by atoms with Gasteiger partial charge in [0, 0.05) is 7.11 Å². The molecule has 0 aliphatic heterocycles. The number of ether oxygens (including phenoxy) is 1. The molecule has 0 saturated carbocycles. The third-order valence-electron chi connectivity index (χ3n) is 2.82. The Balaban J connectivity index is 2.14. The third-order valence-corrected chi connectivity index (χ3v) is 2.82. The van der Waals surface area contributed by atoms with Crippen molar-refractivity contribution in [2.24, 2.45) is 5.73 Å². The number of nitrogens with two attached hydrogens (primary N) is 1. The van der Waals surface area contributed by atoms with Gasteiger partial charge < -0.3 is 10.5 Å². The summed E-state index contributed by atoms with van der Waals surface area (Å²) in [5, 5.41) is 0. The first-order valence-corrected chi connectivity index (χ1v) is 5.46. The molecule has 1 unspecified atom stereocenters. The summed E-state index contributed by atoms with van der Waals surface area (Å²) in [6.07, 6.45) is 7.12. The van der Waals surface area contributed by atoms with E-state index in [2.05, 4.69) is 24.3 Å². The van der Waals surface area contributed by atoms with Crippen LogP contribution in [0.3, 0.4) is 0 Å². The van der Waals surface area contributed by atoms with E-state index in [1.807, 2.05) is 24.3 Å². The van der Waals surface area contributed by atoms with Crippen LogP contribution in [0.5, 0.6) is 0 Å². The normalized spacial score (nSPS) is 24.2. The predicted molar refractivity (Wildman–Crippen MR) is 67.0 cm³/mol. The minimum absolute atomic E-state index is 0.340. The highest BCUT2D eigenvalue weighted by molar-refractivity contribution is 5.75. The molecule has 0 aromatic heterocycles. The minimum atomic E-state index is -0.340. The minimum Gasteiger partial charge on any atom is -0.382 e. The SMILES string of the molecule is COCC1(N)C=CC(c2ccccc2)=CC1. The van der Waals surface area contributed by atoms with Gasteiger partial charge in [-0.05, 0) is 17.6 Å². The lowest BCUT2D eigenvalue weighted by atomic mass is 9.88. The monoisotopic (exact) mass is 215 g/mol. The molecule has 2 nitrogen and oxygen atoms in total. The first-order valence-electron chi connectivity index (χ1n) is 5.46. The van der Waals surface area contributed by atoms with E-state index >= 15 is 0 Å². The van der Waals surface area contributed by atoms with Crippen molar-refractivity contribution in [3.8, 4) is 0 Å². The highest BCUT2D eigenvalue weighted by atomic mass is 16.5. The topological polar surface area (TPSA) is 35.2 Å². The van der Waals surface area contributed by atoms with Gasteiger partial charge in [0.1, 0.15) is 0 Å². The number of benzene rings is 1. The van der Waals surface area contributed by atoms with E-state index in [-0.39, 0.29) is 5.54 Å². The molecule has 0 amide bonds. The van der Waals surface area contributed by atoms with Crippen molar-refractivity contribution < 1.29 is 4.74 Å². The number of rotatable bonds is 3. The third kappa shape index (κ3) is 2.40. The van der Waals surface area contributed by atoms with E-state index in [4.69, 9.17) is 10.5 Å². The Morgan fingerprint density at radius 1 is 1.31 bits per heavy atom. The van der Waals surface area contributed by atoms with E-state index in [1.165, 1.54) is 11.1 Å². The number of hydrogen-bond donors (Lipinski definition) is 1. The average Bonchev–Trinajstić information content (AvgIpc) is 2.31. The maximum atomic E-state index is 6.15. The fourth-order valence-electron chi connectivity index (χ4n) is 1.91. The Bertz CT molecular complexity index is 408. The van der Waals surface area contributed by atoms with Crippen LogP contribution in [-0.2, 0) is 4.74 Å². The lowest BCUT2D eigenvalue weighted by Crippen LogP contribution is -2.42. The van der Waals surface area contributed by atoms with E-state index < -0.39 is 0 Å². The highest BCUT2D eigenvalue weighted by Crippen LogP contribution is 2.25. The van der Waals surface area contributed by atoms with Gasteiger partial charge in [-0.15, -0.1) is 0 Å². The maximum absolute atomic E-state index is 6.15. The van der Waals surface area contributed by atoms with E-state index in [1.54, 1.807) is 7.11 Å². The van der Waals surface area contributed by atoms with Crippen molar-refractivity contribution in [2.45, 2.75) is 12.0 Å².